The molecule has 1 aliphatic heterocycles. The zero-order valence-electron chi connectivity index (χ0n) is 12.7. The minimum absolute atomic E-state index is 0.0264. The first-order valence-corrected chi connectivity index (χ1v) is 7.63. The molecule has 1 saturated heterocycles. The van der Waals surface area contributed by atoms with Gasteiger partial charge in [-0.05, 0) is 54.1 Å². The van der Waals surface area contributed by atoms with Crippen LogP contribution in [0.25, 0.3) is 0 Å². The van der Waals surface area contributed by atoms with Crippen molar-refractivity contribution in [1.82, 2.24) is 25.1 Å². The lowest BCUT2D eigenvalue weighted by atomic mass is 9.96. The summed E-state index contributed by atoms with van der Waals surface area (Å²) in [5, 5.41) is 11.8. The number of carbonyl (C=O) groups excluding carboxylic acids is 1. The summed E-state index contributed by atoms with van der Waals surface area (Å²) in [6.07, 6.45) is 1.55. The van der Waals surface area contributed by atoms with Crippen molar-refractivity contribution in [3.63, 3.8) is 0 Å². The molecule has 0 atom stereocenters. The molecule has 122 valence electrons. The zero-order valence-corrected chi connectivity index (χ0v) is 12.7. The molecule has 23 heavy (non-hydrogen) atoms. The van der Waals surface area contributed by atoms with E-state index in [0.717, 1.165) is 37.3 Å². The Hall–Kier alpha value is -2.35. The van der Waals surface area contributed by atoms with E-state index in [1.165, 1.54) is 12.1 Å². The highest BCUT2D eigenvalue weighted by atomic mass is 19.1. The first-order chi connectivity index (χ1) is 11.1. The number of hydrogen-bond acceptors (Lipinski definition) is 5. The van der Waals surface area contributed by atoms with Gasteiger partial charge in [-0.1, -0.05) is 12.1 Å². The lowest BCUT2D eigenvalue weighted by Gasteiger charge is -2.29. The van der Waals surface area contributed by atoms with Gasteiger partial charge in [0.15, 0.2) is 5.82 Å². The molecule has 7 nitrogen and oxygen atoms in total. The fourth-order valence-electron chi connectivity index (χ4n) is 2.80. The number of benzene rings is 1. The summed E-state index contributed by atoms with van der Waals surface area (Å²) in [5.74, 6) is 0.252. The van der Waals surface area contributed by atoms with E-state index in [0.29, 0.717) is 13.1 Å². The Labute approximate surface area is 133 Å². The Morgan fingerprint density at radius 1 is 1.22 bits per heavy atom. The summed E-state index contributed by atoms with van der Waals surface area (Å²) in [5.41, 5.74) is 6.29. The first-order valence-electron chi connectivity index (χ1n) is 7.63. The molecule has 0 unspecified atom stereocenters. The van der Waals surface area contributed by atoms with Gasteiger partial charge in [-0.2, -0.15) is 0 Å². The van der Waals surface area contributed by atoms with Crippen molar-refractivity contribution >= 4 is 5.91 Å². The average Bonchev–Trinajstić information content (AvgIpc) is 2.97. The van der Waals surface area contributed by atoms with Crippen LogP contribution >= 0.6 is 0 Å². The van der Waals surface area contributed by atoms with Gasteiger partial charge in [0.25, 0.3) is 0 Å². The van der Waals surface area contributed by atoms with Crippen molar-refractivity contribution in [3.8, 4) is 0 Å². The molecule has 2 aromatic rings. The maximum Gasteiger partial charge on any atom is 0.220 e. The van der Waals surface area contributed by atoms with Gasteiger partial charge < -0.3 is 5.73 Å². The van der Waals surface area contributed by atoms with Gasteiger partial charge in [0.2, 0.25) is 5.91 Å². The van der Waals surface area contributed by atoms with Crippen LogP contribution in [0.3, 0.4) is 0 Å². The average molecular weight is 318 g/mol. The van der Waals surface area contributed by atoms with E-state index in [4.69, 9.17) is 5.73 Å². The fraction of sp³-hybridized carbons (Fsp3) is 0.467. The first kappa shape index (κ1) is 15.5. The normalized spacial score (nSPS) is 16.6. The minimum atomic E-state index is -0.261. The third kappa shape index (κ3) is 3.89. The van der Waals surface area contributed by atoms with Gasteiger partial charge in [0.1, 0.15) is 5.82 Å². The highest BCUT2D eigenvalue weighted by Crippen LogP contribution is 2.18. The molecule has 2 heterocycles. The maximum absolute atomic E-state index is 13.0. The number of aromatic nitrogens is 4. The number of halogens is 1. The molecule has 8 heteroatoms. The van der Waals surface area contributed by atoms with Gasteiger partial charge in [-0.25, -0.2) is 9.07 Å². The molecule has 0 radical (unpaired) electrons. The van der Waals surface area contributed by atoms with E-state index < -0.39 is 0 Å². The Bertz CT molecular complexity index is 663. The summed E-state index contributed by atoms with van der Waals surface area (Å²) in [6.45, 7) is 2.73. The summed E-state index contributed by atoms with van der Waals surface area (Å²) >= 11 is 0. The zero-order chi connectivity index (χ0) is 16.2. The van der Waals surface area contributed by atoms with Gasteiger partial charge in [-0.3, -0.25) is 9.69 Å². The summed E-state index contributed by atoms with van der Waals surface area (Å²) in [7, 11) is 0. The van der Waals surface area contributed by atoms with Crippen molar-refractivity contribution in [1.29, 1.82) is 0 Å². The SMILES string of the molecule is NC(=O)C1CCN(Cc2nnnn2Cc2ccc(F)cc2)CC1. The number of rotatable bonds is 5. The number of tetrazole rings is 1. The Morgan fingerprint density at radius 2 is 1.91 bits per heavy atom. The molecule has 0 aliphatic carbocycles. The number of primary amides is 1. The number of carbonyl (C=O) groups is 1. The largest absolute Gasteiger partial charge is 0.369 e. The molecule has 1 aliphatic rings. The highest BCUT2D eigenvalue weighted by molar-refractivity contribution is 5.76. The molecule has 0 spiro atoms. The predicted octanol–water partition coefficient (Wildman–Crippen LogP) is 0.558. The van der Waals surface area contributed by atoms with E-state index in [9.17, 15) is 9.18 Å². The second kappa shape index (κ2) is 6.82. The third-order valence-electron chi connectivity index (χ3n) is 4.21. The van der Waals surface area contributed by atoms with Crippen LogP contribution in [0, 0.1) is 11.7 Å². The van der Waals surface area contributed by atoms with E-state index in [-0.39, 0.29) is 17.6 Å². The maximum atomic E-state index is 13.0. The van der Waals surface area contributed by atoms with E-state index in [1.807, 2.05) is 0 Å². The molecule has 1 aromatic carbocycles. The van der Waals surface area contributed by atoms with E-state index >= 15 is 0 Å². The monoisotopic (exact) mass is 318 g/mol. The fourth-order valence-corrected chi connectivity index (χ4v) is 2.80. The molecular formula is C15H19FN6O. The molecule has 1 fully saturated rings. The Morgan fingerprint density at radius 3 is 2.57 bits per heavy atom. The van der Waals surface area contributed by atoms with Crippen LogP contribution in [0.5, 0.6) is 0 Å². The lowest BCUT2D eigenvalue weighted by Crippen LogP contribution is -2.38. The van der Waals surface area contributed by atoms with Crippen LogP contribution in [0.4, 0.5) is 4.39 Å². The van der Waals surface area contributed by atoms with Crippen molar-refractivity contribution in [2.24, 2.45) is 11.7 Å². The Balaban J connectivity index is 1.60. The second-order valence-electron chi connectivity index (χ2n) is 5.83. The smallest absolute Gasteiger partial charge is 0.220 e. The molecular weight excluding hydrogens is 299 g/mol. The number of nitrogens with zero attached hydrogens (tertiary/aromatic N) is 5. The van der Waals surface area contributed by atoms with Crippen molar-refractivity contribution in [2.45, 2.75) is 25.9 Å². The van der Waals surface area contributed by atoms with Crippen molar-refractivity contribution in [3.05, 3.63) is 41.5 Å². The van der Waals surface area contributed by atoms with Crippen LogP contribution in [-0.2, 0) is 17.9 Å². The standard InChI is InChI=1S/C15H19FN6O/c16-13-3-1-11(2-4-13)9-22-14(18-19-20-22)10-21-7-5-12(6-8-21)15(17)23/h1-4,12H,5-10H2,(H2,17,23). The summed E-state index contributed by atoms with van der Waals surface area (Å²) in [4.78, 5) is 13.4. The second-order valence-corrected chi connectivity index (χ2v) is 5.83. The molecule has 3 rings (SSSR count). The van der Waals surface area contributed by atoms with Crippen LogP contribution in [0.1, 0.15) is 24.2 Å². The third-order valence-corrected chi connectivity index (χ3v) is 4.21. The number of nitrogens with two attached hydrogens (primary N) is 1. The predicted molar refractivity (Wildman–Crippen MR) is 80.5 cm³/mol. The molecule has 0 bridgehead atoms. The minimum Gasteiger partial charge on any atom is -0.369 e. The quantitative estimate of drug-likeness (QED) is 0.870. The summed E-state index contributed by atoms with van der Waals surface area (Å²) < 4.78 is 14.7. The molecule has 0 saturated carbocycles. The van der Waals surface area contributed by atoms with Gasteiger partial charge in [0, 0.05) is 5.92 Å². The van der Waals surface area contributed by atoms with Crippen LogP contribution < -0.4 is 5.73 Å². The highest BCUT2D eigenvalue weighted by Gasteiger charge is 2.24. The molecule has 1 amide bonds. The number of piperidine rings is 1. The van der Waals surface area contributed by atoms with Crippen LogP contribution in [0.2, 0.25) is 0 Å². The summed E-state index contributed by atoms with van der Waals surface area (Å²) in [6, 6.07) is 6.29. The molecule has 2 N–H and O–H groups in total. The van der Waals surface area contributed by atoms with E-state index in [2.05, 4.69) is 20.4 Å². The van der Waals surface area contributed by atoms with Crippen molar-refractivity contribution < 1.29 is 9.18 Å². The number of amides is 1. The van der Waals surface area contributed by atoms with Gasteiger partial charge in [-0.15, -0.1) is 5.10 Å². The van der Waals surface area contributed by atoms with Crippen molar-refractivity contribution in [2.75, 3.05) is 13.1 Å². The topological polar surface area (TPSA) is 89.9 Å². The van der Waals surface area contributed by atoms with Crippen LogP contribution in [-0.4, -0.2) is 44.1 Å². The molecule has 1 aromatic heterocycles. The lowest BCUT2D eigenvalue weighted by molar-refractivity contribution is -0.123. The van der Waals surface area contributed by atoms with Crippen LogP contribution in [0.15, 0.2) is 24.3 Å². The van der Waals surface area contributed by atoms with Gasteiger partial charge in [0.05, 0.1) is 13.1 Å². The Kier molecular flexibility index (Phi) is 4.61. The van der Waals surface area contributed by atoms with E-state index in [1.54, 1.807) is 16.8 Å². The number of likely N-dealkylation sites (tertiary alicyclic amines) is 1. The van der Waals surface area contributed by atoms with Gasteiger partial charge >= 0.3 is 0 Å². The number of hydrogen-bond donors (Lipinski definition) is 1.